The summed E-state index contributed by atoms with van der Waals surface area (Å²) in [4.78, 5) is 35.2. The van der Waals surface area contributed by atoms with Crippen molar-refractivity contribution in [3.8, 4) is 0 Å². The molecule has 0 aromatic heterocycles. The first-order chi connectivity index (χ1) is 13.0. The summed E-state index contributed by atoms with van der Waals surface area (Å²) in [7, 11) is 0. The predicted molar refractivity (Wildman–Crippen MR) is 97.2 cm³/mol. The highest BCUT2D eigenvalue weighted by Gasteiger charge is 2.20. The number of nitrogens with zero attached hydrogens (tertiary/aromatic N) is 3. The first-order valence-corrected chi connectivity index (χ1v) is 8.12. The number of nitrogens with one attached hydrogen (secondary N) is 1. The number of carbonyl (C=O) groups is 1. The quantitative estimate of drug-likeness (QED) is 0.631. The summed E-state index contributed by atoms with van der Waals surface area (Å²) in [5.74, 6) is -0.465. The lowest BCUT2D eigenvalue weighted by molar-refractivity contribution is -0.385. The third kappa shape index (κ3) is 4.18. The molecule has 2 aromatic carbocycles. The Morgan fingerprint density at radius 2 is 1.56 bits per heavy atom. The number of amides is 1. The Morgan fingerprint density at radius 1 is 0.963 bits per heavy atom. The van der Waals surface area contributed by atoms with Crippen molar-refractivity contribution >= 4 is 28.7 Å². The van der Waals surface area contributed by atoms with Gasteiger partial charge in [0.15, 0.2) is 0 Å². The number of carbonyl (C=O) groups excluding carboxylic acids is 1. The van der Waals surface area contributed by atoms with E-state index in [0.717, 1.165) is 0 Å². The van der Waals surface area contributed by atoms with E-state index in [2.05, 4.69) is 5.32 Å². The van der Waals surface area contributed by atoms with Gasteiger partial charge in [-0.25, -0.2) is 0 Å². The maximum absolute atomic E-state index is 12.5. The van der Waals surface area contributed by atoms with Crippen molar-refractivity contribution in [2.24, 2.45) is 0 Å². The Bertz CT molecular complexity index is 877. The highest BCUT2D eigenvalue weighted by molar-refractivity contribution is 6.06. The first kappa shape index (κ1) is 18.3. The van der Waals surface area contributed by atoms with Crippen molar-refractivity contribution in [1.82, 2.24) is 0 Å². The van der Waals surface area contributed by atoms with Crippen molar-refractivity contribution in [2.45, 2.75) is 0 Å². The van der Waals surface area contributed by atoms with Crippen molar-refractivity contribution in [1.29, 1.82) is 0 Å². The van der Waals surface area contributed by atoms with Crippen molar-refractivity contribution < 1.29 is 19.4 Å². The minimum Gasteiger partial charge on any atom is -0.378 e. The normalized spacial score (nSPS) is 13.9. The smallest absolute Gasteiger partial charge is 0.271 e. The van der Waals surface area contributed by atoms with Crippen molar-refractivity contribution in [3.63, 3.8) is 0 Å². The Balaban J connectivity index is 1.87. The summed E-state index contributed by atoms with van der Waals surface area (Å²) >= 11 is 0. The molecule has 0 radical (unpaired) electrons. The third-order valence-electron chi connectivity index (χ3n) is 4.13. The van der Waals surface area contributed by atoms with Gasteiger partial charge in [-0.1, -0.05) is 0 Å². The van der Waals surface area contributed by atoms with Crippen LogP contribution in [0.15, 0.2) is 42.5 Å². The Morgan fingerprint density at radius 3 is 2.15 bits per heavy atom. The fourth-order valence-electron chi connectivity index (χ4n) is 2.73. The van der Waals surface area contributed by atoms with E-state index in [0.29, 0.717) is 37.7 Å². The van der Waals surface area contributed by atoms with Crippen LogP contribution in [0.2, 0.25) is 0 Å². The van der Waals surface area contributed by atoms with Gasteiger partial charge in [0.05, 0.1) is 34.4 Å². The lowest BCUT2D eigenvalue weighted by Crippen LogP contribution is -2.36. The Hall–Kier alpha value is -3.53. The molecule has 0 bridgehead atoms. The van der Waals surface area contributed by atoms with E-state index in [1.807, 2.05) is 4.90 Å². The molecule has 27 heavy (non-hydrogen) atoms. The molecule has 0 unspecified atom stereocenters. The summed E-state index contributed by atoms with van der Waals surface area (Å²) in [5.41, 5.74) is 1.00. The van der Waals surface area contributed by atoms with E-state index in [1.165, 1.54) is 42.5 Å². The van der Waals surface area contributed by atoms with Crippen LogP contribution in [-0.4, -0.2) is 42.1 Å². The van der Waals surface area contributed by atoms with Crippen LogP contribution in [0.25, 0.3) is 0 Å². The number of ether oxygens (including phenoxy) is 1. The number of nitro benzene ring substituents is 2. The van der Waals surface area contributed by atoms with Gasteiger partial charge in [0.2, 0.25) is 0 Å². The van der Waals surface area contributed by atoms with E-state index in [9.17, 15) is 25.0 Å². The molecule has 2 aromatic rings. The summed E-state index contributed by atoms with van der Waals surface area (Å²) in [6.45, 7) is 2.06. The molecule has 0 aliphatic carbocycles. The molecule has 1 aliphatic heterocycles. The molecule has 0 saturated carbocycles. The second kappa shape index (κ2) is 7.79. The van der Waals surface area contributed by atoms with E-state index in [-0.39, 0.29) is 16.9 Å². The van der Waals surface area contributed by atoms with Gasteiger partial charge in [0.25, 0.3) is 17.3 Å². The average molecular weight is 372 g/mol. The number of non-ortho nitro benzene ring substituents is 2. The number of hydrogen-bond acceptors (Lipinski definition) is 7. The summed E-state index contributed by atoms with van der Waals surface area (Å²) in [6, 6.07) is 9.40. The highest BCUT2D eigenvalue weighted by Crippen LogP contribution is 2.31. The fraction of sp³-hybridized carbons (Fsp3) is 0.235. The minimum absolute atomic E-state index is 0.0789. The molecule has 3 rings (SSSR count). The standard InChI is InChI=1S/C17H16N4O6/c22-17(12-1-3-13(4-2-12)20(23)24)18-15-6-5-14(21(25)26)11-16(15)19-7-9-27-10-8-19/h1-6,11H,7-10H2,(H,18,22). The van der Waals surface area contributed by atoms with Crippen molar-refractivity contribution in [2.75, 3.05) is 36.5 Å². The van der Waals surface area contributed by atoms with Gasteiger partial charge >= 0.3 is 0 Å². The van der Waals surface area contributed by atoms with Gasteiger partial charge in [0, 0.05) is 42.9 Å². The van der Waals surface area contributed by atoms with Gasteiger partial charge in [-0.3, -0.25) is 25.0 Å². The summed E-state index contributed by atoms with van der Waals surface area (Å²) in [5, 5.41) is 24.5. The maximum atomic E-state index is 12.5. The van der Waals surface area contributed by atoms with Gasteiger partial charge in [-0.05, 0) is 18.2 Å². The highest BCUT2D eigenvalue weighted by atomic mass is 16.6. The molecule has 1 N–H and O–H groups in total. The second-order valence-corrected chi connectivity index (χ2v) is 5.82. The molecule has 10 nitrogen and oxygen atoms in total. The molecule has 0 atom stereocenters. The van der Waals surface area contributed by atoms with E-state index in [1.54, 1.807) is 0 Å². The minimum atomic E-state index is -0.547. The molecular weight excluding hydrogens is 356 g/mol. The zero-order valence-electron chi connectivity index (χ0n) is 14.2. The van der Waals surface area contributed by atoms with E-state index in [4.69, 9.17) is 4.74 Å². The maximum Gasteiger partial charge on any atom is 0.271 e. The van der Waals surface area contributed by atoms with Crippen LogP contribution in [0, 0.1) is 20.2 Å². The van der Waals surface area contributed by atoms with Gasteiger partial charge in [0.1, 0.15) is 0 Å². The van der Waals surface area contributed by atoms with Crippen molar-refractivity contribution in [3.05, 3.63) is 68.3 Å². The zero-order valence-corrected chi connectivity index (χ0v) is 14.2. The van der Waals surface area contributed by atoms with Crippen LogP contribution >= 0.6 is 0 Å². The lowest BCUT2D eigenvalue weighted by Gasteiger charge is -2.30. The van der Waals surface area contributed by atoms with Crippen LogP contribution in [0.1, 0.15) is 10.4 Å². The number of anilines is 2. The van der Waals surface area contributed by atoms with Crippen LogP contribution < -0.4 is 10.2 Å². The SMILES string of the molecule is O=C(Nc1ccc([N+](=O)[O-])cc1N1CCOCC1)c1ccc([N+](=O)[O-])cc1. The monoisotopic (exact) mass is 372 g/mol. The molecule has 1 saturated heterocycles. The number of rotatable bonds is 5. The largest absolute Gasteiger partial charge is 0.378 e. The topological polar surface area (TPSA) is 128 Å². The molecule has 1 heterocycles. The predicted octanol–water partition coefficient (Wildman–Crippen LogP) is 2.59. The van der Waals surface area contributed by atoms with Crippen LogP contribution in [-0.2, 0) is 4.74 Å². The molecule has 0 spiro atoms. The van der Waals surface area contributed by atoms with E-state index >= 15 is 0 Å². The zero-order chi connectivity index (χ0) is 19.4. The number of hydrogen-bond donors (Lipinski definition) is 1. The van der Waals surface area contributed by atoms with Gasteiger partial charge in [-0.15, -0.1) is 0 Å². The molecule has 1 fully saturated rings. The third-order valence-corrected chi connectivity index (χ3v) is 4.13. The lowest BCUT2D eigenvalue weighted by atomic mass is 10.1. The molecule has 140 valence electrons. The average Bonchev–Trinajstić information content (AvgIpc) is 2.68. The molecule has 1 aliphatic rings. The van der Waals surface area contributed by atoms with Gasteiger partial charge < -0.3 is 15.0 Å². The van der Waals surface area contributed by atoms with Crippen LogP contribution in [0.4, 0.5) is 22.7 Å². The first-order valence-electron chi connectivity index (χ1n) is 8.12. The molecule has 10 heteroatoms. The van der Waals surface area contributed by atoms with Crippen LogP contribution in [0.3, 0.4) is 0 Å². The number of nitro groups is 2. The Kier molecular flexibility index (Phi) is 5.27. The molecular formula is C17H16N4O6. The van der Waals surface area contributed by atoms with Gasteiger partial charge in [-0.2, -0.15) is 0 Å². The summed E-state index contributed by atoms with van der Waals surface area (Å²) in [6.07, 6.45) is 0. The van der Waals surface area contributed by atoms with Crippen LogP contribution in [0.5, 0.6) is 0 Å². The second-order valence-electron chi connectivity index (χ2n) is 5.82. The fourth-order valence-corrected chi connectivity index (χ4v) is 2.73. The van der Waals surface area contributed by atoms with E-state index < -0.39 is 15.8 Å². The Labute approximate surface area is 153 Å². The number of benzene rings is 2. The summed E-state index contributed by atoms with van der Waals surface area (Å²) < 4.78 is 5.30. The number of morpholine rings is 1. The molecule has 1 amide bonds.